The maximum absolute atomic E-state index is 13.6. The van der Waals surface area contributed by atoms with Crippen molar-refractivity contribution in [1.29, 1.82) is 0 Å². The Bertz CT molecular complexity index is 1850. The molecule has 2 amide bonds. The van der Waals surface area contributed by atoms with E-state index in [1.54, 1.807) is 30.3 Å². The van der Waals surface area contributed by atoms with Crippen molar-refractivity contribution in [1.82, 2.24) is 25.6 Å². The van der Waals surface area contributed by atoms with Crippen LogP contribution in [-0.2, 0) is 16.1 Å². The third-order valence-electron chi connectivity index (χ3n) is 7.69. The first kappa shape index (κ1) is 38.1. The molecule has 53 heavy (non-hydrogen) atoms. The minimum absolute atomic E-state index is 0.0577. The maximum Gasteiger partial charge on any atom is 0.422 e. The van der Waals surface area contributed by atoms with Gasteiger partial charge in [-0.3, -0.25) is 9.59 Å². The average Bonchev–Trinajstić information content (AvgIpc) is 3.15. The van der Waals surface area contributed by atoms with E-state index in [9.17, 15) is 27.6 Å². The van der Waals surface area contributed by atoms with E-state index in [4.69, 9.17) is 18.9 Å². The number of aromatic nitrogens is 3. The summed E-state index contributed by atoms with van der Waals surface area (Å²) in [5, 5.41) is 11.1. The molecular weight excluding hydrogens is 699 g/mol. The van der Waals surface area contributed by atoms with Gasteiger partial charge >= 0.3 is 18.2 Å². The zero-order valence-electron chi connectivity index (χ0n) is 28.7. The molecule has 0 saturated carbocycles. The van der Waals surface area contributed by atoms with Crippen LogP contribution in [0.15, 0.2) is 72.8 Å². The molecule has 1 atom stereocenters. The van der Waals surface area contributed by atoms with Crippen molar-refractivity contribution in [3.05, 3.63) is 89.5 Å². The number of alkyl halides is 3. The number of hydrogen-bond acceptors (Lipinski definition) is 12. The number of esters is 1. The molecule has 1 aromatic heterocycles. The predicted octanol–water partition coefficient (Wildman–Crippen LogP) is 5.20. The van der Waals surface area contributed by atoms with Crippen LogP contribution in [0.4, 0.5) is 30.8 Å². The minimum Gasteiger partial charge on any atom is -0.494 e. The first-order valence-electron chi connectivity index (χ1n) is 16.7. The van der Waals surface area contributed by atoms with Gasteiger partial charge in [0.15, 0.2) is 6.61 Å². The van der Waals surface area contributed by atoms with Gasteiger partial charge in [0.2, 0.25) is 11.9 Å². The molecule has 0 radical (unpaired) electrons. The van der Waals surface area contributed by atoms with E-state index >= 15 is 0 Å². The fourth-order valence-electron chi connectivity index (χ4n) is 5.01. The van der Waals surface area contributed by atoms with Gasteiger partial charge in [0.1, 0.15) is 17.5 Å². The molecule has 3 heterocycles. The molecule has 4 N–H and O–H groups in total. The second-order valence-electron chi connectivity index (χ2n) is 11.7. The molecule has 3 aromatic carbocycles. The Kier molecular flexibility index (Phi) is 13.2. The second-order valence-corrected chi connectivity index (χ2v) is 11.7. The van der Waals surface area contributed by atoms with E-state index in [-0.39, 0.29) is 42.9 Å². The van der Waals surface area contributed by atoms with Gasteiger partial charge in [-0.15, -0.1) is 0 Å². The Morgan fingerprint density at radius 2 is 1.58 bits per heavy atom. The zero-order chi connectivity index (χ0) is 37.6. The first-order chi connectivity index (χ1) is 25.6. The second kappa shape index (κ2) is 18.4. The Morgan fingerprint density at radius 3 is 2.30 bits per heavy atom. The summed E-state index contributed by atoms with van der Waals surface area (Å²) in [7, 11) is 1.16. The van der Waals surface area contributed by atoms with Gasteiger partial charge in [-0.05, 0) is 67.6 Å². The van der Waals surface area contributed by atoms with Gasteiger partial charge in [-0.1, -0.05) is 30.3 Å². The molecule has 0 aliphatic carbocycles. The van der Waals surface area contributed by atoms with Crippen LogP contribution in [0.1, 0.15) is 52.0 Å². The zero-order valence-corrected chi connectivity index (χ0v) is 28.7. The maximum atomic E-state index is 13.6. The smallest absolute Gasteiger partial charge is 0.422 e. The van der Waals surface area contributed by atoms with E-state index < -0.39 is 42.6 Å². The molecule has 6 bridgehead atoms. The average molecular weight is 738 g/mol. The highest BCUT2D eigenvalue weighted by atomic mass is 19.4. The number of benzene rings is 3. The van der Waals surface area contributed by atoms with Crippen molar-refractivity contribution in [2.24, 2.45) is 0 Å². The Morgan fingerprint density at radius 1 is 0.868 bits per heavy atom. The van der Waals surface area contributed by atoms with Crippen molar-refractivity contribution >= 4 is 35.4 Å². The van der Waals surface area contributed by atoms with Crippen molar-refractivity contribution in [3.63, 3.8) is 0 Å². The van der Waals surface area contributed by atoms with Crippen LogP contribution in [0.2, 0.25) is 0 Å². The molecule has 2 aliphatic rings. The van der Waals surface area contributed by atoms with Crippen LogP contribution in [0.5, 0.6) is 17.5 Å². The number of rotatable bonds is 8. The number of ether oxygens (including phenoxy) is 4. The topological polar surface area (TPSA) is 175 Å². The summed E-state index contributed by atoms with van der Waals surface area (Å²) in [5.41, 5.74) is 1.57. The summed E-state index contributed by atoms with van der Waals surface area (Å²) in [5.74, 6) is -1.33. The molecular formula is C36H38F3N7O7. The van der Waals surface area contributed by atoms with Crippen LogP contribution < -0.4 is 35.5 Å². The van der Waals surface area contributed by atoms with E-state index in [1.165, 1.54) is 18.2 Å². The predicted molar refractivity (Wildman–Crippen MR) is 186 cm³/mol. The number of fused-ring (bicyclic) bond motifs is 10. The monoisotopic (exact) mass is 737 g/mol. The molecule has 0 unspecified atom stereocenters. The Labute approximate surface area is 302 Å². The number of anilines is 3. The number of carbonyl (C=O) groups is 3. The summed E-state index contributed by atoms with van der Waals surface area (Å²) in [4.78, 5) is 51.1. The highest BCUT2D eigenvalue weighted by molar-refractivity contribution is 6.00. The van der Waals surface area contributed by atoms with Gasteiger partial charge in [0.05, 0.1) is 25.9 Å². The van der Waals surface area contributed by atoms with E-state index in [1.807, 2.05) is 24.3 Å². The molecule has 280 valence electrons. The lowest BCUT2D eigenvalue weighted by Gasteiger charge is -2.19. The van der Waals surface area contributed by atoms with Crippen LogP contribution >= 0.6 is 0 Å². The minimum atomic E-state index is -4.64. The fraction of sp³-hybridized carbons (Fsp3) is 0.333. The summed E-state index contributed by atoms with van der Waals surface area (Å²) in [6.07, 6.45) is -1.50. The highest BCUT2D eigenvalue weighted by Gasteiger charge is 2.29. The number of nitrogens with one attached hydrogen (secondary N) is 4. The van der Waals surface area contributed by atoms with E-state index in [0.29, 0.717) is 30.0 Å². The van der Waals surface area contributed by atoms with E-state index in [0.717, 1.165) is 31.9 Å². The van der Waals surface area contributed by atoms with Gasteiger partial charge in [-0.25, -0.2) is 4.79 Å². The summed E-state index contributed by atoms with van der Waals surface area (Å²) >= 11 is 0. The molecule has 0 fully saturated rings. The molecule has 17 heteroatoms. The normalized spacial score (nSPS) is 14.0. The number of nitrogens with zero attached hydrogens (tertiary/aromatic N) is 3. The van der Waals surface area contributed by atoms with E-state index in [2.05, 4.69) is 36.2 Å². The Balaban J connectivity index is 1.39. The molecule has 14 nitrogen and oxygen atoms in total. The summed E-state index contributed by atoms with van der Waals surface area (Å²) < 4.78 is 60.6. The molecule has 0 spiro atoms. The van der Waals surface area contributed by atoms with Crippen LogP contribution in [0, 0.1) is 0 Å². The summed E-state index contributed by atoms with van der Waals surface area (Å²) in [6, 6.07) is 18.3. The van der Waals surface area contributed by atoms with Gasteiger partial charge < -0.3 is 40.2 Å². The molecule has 2 aliphatic heterocycles. The molecule has 6 rings (SSSR count). The van der Waals surface area contributed by atoms with Crippen LogP contribution in [-0.4, -0.2) is 78.4 Å². The number of amides is 2. The van der Waals surface area contributed by atoms with Crippen LogP contribution in [0.3, 0.4) is 0 Å². The van der Waals surface area contributed by atoms with Gasteiger partial charge in [0.25, 0.3) is 11.8 Å². The van der Waals surface area contributed by atoms with Crippen molar-refractivity contribution in [3.8, 4) is 17.5 Å². The lowest BCUT2D eigenvalue weighted by molar-refractivity contribution is -0.154. The lowest BCUT2D eigenvalue weighted by Crippen LogP contribution is -2.49. The van der Waals surface area contributed by atoms with Gasteiger partial charge in [0, 0.05) is 30.4 Å². The third-order valence-corrected chi connectivity index (χ3v) is 7.69. The SMILES string of the molecule is COC(=O)[C@H](CNC(=O)c1ccccc1)NC(=O)c1ccc2cc1OCCCCCCOc1ccc(cc1)CNc1nc(nc(OCC(F)(F)F)n1)N2. The number of methoxy groups -OCH3 is 1. The molecule has 4 aromatic rings. The number of hydrogen-bond donors (Lipinski definition) is 4. The van der Waals surface area contributed by atoms with Crippen molar-refractivity contribution < 1.29 is 46.5 Å². The summed E-state index contributed by atoms with van der Waals surface area (Å²) in [6.45, 7) is -0.911. The Hall–Kier alpha value is -6.13. The van der Waals surface area contributed by atoms with Crippen molar-refractivity contribution in [2.75, 3.05) is 44.1 Å². The number of carbonyl (C=O) groups excluding carboxylic acids is 3. The quantitative estimate of drug-likeness (QED) is 0.174. The number of halogens is 3. The standard InChI is InChI=1S/C36H38F3N7O7/c1-50-32(49)28(21-40-30(47)24-9-5-4-6-10-24)43-31(48)27-16-13-25-19-29(27)52-18-8-3-2-7-17-51-26-14-11-23(12-15-26)20-41-33-44-34(42-25)46-35(45-33)53-22-36(37,38)39/h4-6,9-16,19,28H,2-3,7-8,17-18,20-22H2,1H3,(H,40,47)(H,43,48)(H2,41,42,44,45,46)/t28-/m0/s1. The molecule has 0 saturated heterocycles. The highest BCUT2D eigenvalue weighted by Crippen LogP contribution is 2.27. The van der Waals surface area contributed by atoms with Crippen molar-refractivity contribution in [2.45, 2.75) is 44.4 Å². The first-order valence-corrected chi connectivity index (χ1v) is 16.7. The fourth-order valence-corrected chi connectivity index (χ4v) is 5.01. The largest absolute Gasteiger partial charge is 0.494 e. The lowest BCUT2D eigenvalue weighted by atomic mass is 10.1. The van der Waals surface area contributed by atoms with Crippen LogP contribution in [0.25, 0.3) is 0 Å². The third kappa shape index (κ3) is 12.0. The van der Waals surface area contributed by atoms with Gasteiger partial charge in [-0.2, -0.15) is 28.1 Å².